The quantitative estimate of drug-likeness (QED) is 0.305. The molecule has 0 saturated carbocycles. The number of nitrogens with zero attached hydrogens (tertiary/aromatic N) is 3. The maximum absolute atomic E-state index is 12.9. The van der Waals surface area contributed by atoms with Gasteiger partial charge in [-0.05, 0) is 17.7 Å². The minimum absolute atomic E-state index is 0. The highest BCUT2D eigenvalue weighted by Gasteiger charge is 2.33. The highest BCUT2D eigenvalue weighted by Crippen LogP contribution is 2.29. The van der Waals surface area contributed by atoms with Gasteiger partial charge in [-0.3, -0.25) is 4.99 Å². The third kappa shape index (κ3) is 6.42. The van der Waals surface area contributed by atoms with Gasteiger partial charge in [0.05, 0.1) is 6.54 Å². The second-order valence-electron chi connectivity index (χ2n) is 5.01. The molecule has 0 aliphatic heterocycles. The first-order chi connectivity index (χ1) is 11.3. The Labute approximate surface area is 164 Å². The number of nitrogens with one attached hydrogen (secondary N) is 1. The van der Waals surface area contributed by atoms with Crippen molar-refractivity contribution in [3.05, 3.63) is 51.7 Å². The summed E-state index contributed by atoms with van der Waals surface area (Å²) in [5.41, 5.74) is -0.00518. The Hall–Kier alpha value is -1.43. The van der Waals surface area contributed by atoms with E-state index in [1.54, 1.807) is 31.1 Å². The molecule has 0 radical (unpaired) electrons. The van der Waals surface area contributed by atoms with E-state index >= 15 is 0 Å². The molecule has 0 unspecified atom stereocenters. The third-order valence-corrected chi connectivity index (χ3v) is 4.00. The smallest absolute Gasteiger partial charge is 0.350 e. The van der Waals surface area contributed by atoms with E-state index < -0.39 is 11.9 Å². The van der Waals surface area contributed by atoms with Crippen LogP contribution in [0.4, 0.5) is 17.6 Å². The zero-order valence-electron chi connectivity index (χ0n) is 13.5. The molecule has 2 rings (SSSR count). The third-order valence-electron chi connectivity index (χ3n) is 3.15. The summed E-state index contributed by atoms with van der Waals surface area (Å²) >= 11 is 0.937. The minimum Gasteiger partial charge on any atom is -0.350 e. The number of aliphatic imine (C=N–C) groups is 1. The lowest BCUT2D eigenvalue weighted by Gasteiger charge is -2.21. The molecule has 138 valence electrons. The number of benzene rings is 1. The Morgan fingerprint density at radius 3 is 2.44 bits per heavy atom. The Balaban J connectivity index is 0.00000312. The average molecular weight is 488 g/mol. The fourth-order valence-electron chi connectivity index (χ4n) is 2.00. The molecule has 0 amide bonds. The van der Waals surface area contributed by atoms with Crippen molar-refractivity contribution in [1.29, 1.82) is 0 Å². The number of aromatic nitrogens is 1. The molecule has 1 aromatic heterocycles. The van der Waals surface area contributed by atoms with Crippen LogP contribution >= 0.6 is 35.3 Å². The van der Waals surface area contributed by atoms with Gasteiger partial charge in [0.1, 0.15) is 10.8 Å². The van der Waals surface area contributed by atoms with E-state index in [1.165, 1.54) is 12.1 Å². The molecule has 0 aliphatic rings. The molecule has 0 atom stereocenters. The van der Waals surface area contributed by atoms with Crippen molar-refractivity contribution in [2.45, 2.75) is 19.3 Å². The lowest BCUT2D eigenvalue weighted by molar-refractivity contribution is -0.140. The summed E-state index contributed by atoms with van der Waals surface area (Å²) in [7, 11) is 3.36. The lowest BCUT2D eigenvalue weighted by atomic mass is 10.2. The van der Waals surface area contributed by atoms with Gasteiger partial charge in [-0.15, -0.1) is 35.3 Å². The van der Waals surface area contributed by atoms with Gasteiger partial charge in [0, 0.05) is 26.0 Å². The maximum atomic E-state index is 12.9. The molecule has 25 heavy (non-hydrogen) atoms. The van der Waals surface area contributed by atoms with E-state index in [2.05, 4.69) is 15.3 Å². The predicted molar refractivity (Wildman–Crippen MR) is 101 cm³/mol. The number of halogens is 5. The number of guanidine groups is 1. The van der Waals surface area contributed by atoms with Gasteiger partial charge in [-0.25, -0.2) is 9.37 Å². The minimum atomic E-state index is -4.43. The van der Waals surface area contributed by atoms with Crippen molar-refractivity contribution in [2.24, 2.45) is 4.99 Å². The van der Waals surface area contributed by atoms with Crippen molar-refractivity contribution in [3.63, 3.8) is 0 Å². The number of alkyl halides is 3. The van der Waals surface area contributed by atoms with Gasteiger partial charge >= 0.3 is 6.18 Å². The first-order valence-electron chi connectivity index (χ1n) is 6.97. The molecular weight excluding hydrogens is 471 g/mol. The molecule has 0 spiro atoms. The molecule has 0 bridgehead atoms. The van der Waals surface area contributed by atoms with Crippen LogP contribution in [0.15, 0.2) is 34.6 Å². The van der Waals surface area contributed by atoms with Crippen molar-refractivity contribution in [1.82, 2.24) is 15.2 Å². The summed E-state index contributed by atoms with van der Waals surface area (Å²) < 4.78 is 50.5. The van der Waals surface area contributed by atoms with Crippen LogP contribution in [0.2, 0.25) is 0 Å². The van der Waals surface area contributed by atoms with Gasteiger partial charge in [-0.2, -0.15) is 13.2 Å². The molecule has 0 saturated heterocycles. The summed E-state index contributed by atoms with van der Waals surface area (Å²) in [5.74, 6) is 0.191. The summed E-state index contributed by atoms with van der Waals surface area (Å²) in [6.45, 7) is 0.618. The molecule has 0 fully saturated rings. The van der Waals surface area contributed by atoms with Gasteiger partial charge in [-0.1, -0.05) is 12.1 Å². The fraction of sp³-hybridized carbons (Fsp3) is 0.333. The van der Waals surface area contributed by atoms with Crippen LogP contribution in [0.1, 0.15) is 16.3 Å². The zero-order valence-corrected chi connectivity index (χ0v) is 16.6. The Bertz CT molecular complexity index is 700. The van der Waals surface area contributed by atoms with Crippen LogP contribution in [0, 0.1) is 5.82 Å². The first kappa shape index (κ1) is 21.6. The van der Waals surface area contributed by atoms with E-state index in [0.29, 0.717) is 17.5 Å². The van der Waals surface area contributed by atoms with Crippen molar-refractivity contribution in [3.8, 4) is 0 Å². The number of thiazole rings is 1. The normalized spacial score (nSPS) is 11.8. The summed E-state index contributed by atoms with van der Waals surface area (Å²) in [4.78, 5) is 9.42. The maximum Gasteiger partial charge on any atom is 0.434 e. The highest BCUT2D eigenvalue weighted by molar-refractivity contribution is 14.0. The summed E-state index contributed by atoms with van der Waals surface area (Å²) in [5, 5.41) is 4.27. The molecule has 2 aromatic rings. The number of hydrogen-bond donors (Lipinski definition) is 1. The number of hydrogen-bond acceptors (Lipinski definition) is 3. The lowest BCUT2D eigenvalue weighted by Crippen LogP contribution is -2.38. The van der Waals surface area contributed by atoms with E-state index in [1.807, 2.05) is 0 Å². The molecule has 1 heterocycles. The molecule has 10 heteroatoms. The van der Waals surface area contributed by atoms with E-state index in [4.69, 9.17) is 0 Å². The molecule has 1 N–H and O–H groups in total. The van der Waals surface area contributed by atoms with Crippen molar-refractivity contribution < 1.29 is 17.6 Å². The second kappa shape index (κ2) is 9.32. The van der Waals surface area contributed by atoms with Crippen molar-refractivity contribution >= 4 is 41.3 Å². The predicted octanol–water partition coefficient (Wildman–Crippen LogP) is 4.13. The summed E-state index contributed by atoms with van der Waals surface area (Å²) in [6, 6.07) is 6.06. The van der Waals surface area contributed by atoms with Crippen LogP contribution in [-0.4, -0.2) is 29.9 Å². The Morgan fingerprint density at radius 2 is 1.92 bits per heavy atom. The van der Waals surface area contributed by atoms with E-state index in [0.717, 1.165) is 22.3 Å². The van der Waals surface area contributed by atoms with Crippen LogP contribution in [0.3, 0.4) is 0 Å². The largest absolute Gasteiger partial charge is 0.434 e. The Kier molecular flexibility index (Phi) is 8.06. The second-order valence-corrected chi connectivity index (χ2v) is 5.95. The topological polar surface area (TPSA) is 40.5 Å². The molecule has 1 aromatic carbocycles. The molecule has 4 nitrogen and oxygen atoms in total. The van der Waals surface area contributed by atoms with Crippen LogP contribution < -0.4 is 5.32 Å². The molecular formula is C15H17F4IN4S. The van der Waals surface area contributed by atoms with E-state index in [9.17, 15) is 17.6 Å². The van der Waals surface area contributed by atoms with Gasteiger partial charge < -0.3 is 10.2 Å². The van der Waals surface area contributed by atoms with Crippen LogP contribution in [0.5, 0.6) is 0 Å². The fourth-order valence-corrected chi connectivity index (χ4v) is 2.74. The summed E-state index contributed by atoms with van der Waals surface area (Å²) in [6.07, 6.45) is -4.43. The Morgan fingerprint density at radius 1 is 1.28 bits per heavy atom. The van der Waals surface area contributed by atoms with Crippen LogP contribution in [-0.2, 0) is 19.3 Å². The van der Waals surface area contributed by atoms with Crippen LogP contribution in [0.25, 0.3) is 0 Å². The van der Waals surface area contributed by atoms with E-state index in [-0.39, 0.29) is 36.3 Å². The number of rotatable bonds is 4. The SMILES string of the molecule is CN=C(NCc1nc(C(F)(F)F)cs1)N(C)Cc1ccc(F)cc1.I. The highest BCUT2D eigenvalue weighted by atomic mass is 127. The molecule has 0 aliphatic carbocycles. The van der Waals surface area contributed by atoms with Gasteiger partial charge in [0.15, 0.2) is 11.7 Å². The average Bonchev–Trinajstić information content (AvgIpc) is 2.99. The first-order valence-corrected chi connectivity index (χ1v) is 7.85. The monoisotopic (exact) mass is 488 g/mol. The zero-order chi connectivity index (χ0) is 17.7. The standard InChI is InChI=1S/C15H16F4N4S.HI/c1-20-14(23(2)8-10-3-5-11(16)6-4-10)21-7-13-22-12(9-24-13)15(17,18)19;/h3-6,9H,7-8H2,1-2H3,(H,20,21);1H. The van der Waals surface area contributed by atoms with Crippen molar-refractivity contribution in [2.75, 3.05) is 14.1 Å². The van der Waals surface area contributed by atoms with Gasteiger partial charge in [0.2, 0.25) is 0 Å². The van der Waals surface area contributed by atoms with Gasteiger partial charge in [0.25, 0.3) is 0 Å².